The Kier molecular flexibility index (Phi) is 4.65. The van der Waals surface area contributed by atoms with Gasteiger partial charge in [0.25, 0.3) is 0 Å². The van der Waals surface area contributed by atoms with Crippen molar-refractivity contribution in [3.05, 3.63) is 29.7 Å². The van der Waals surface area contributed by atoms with Gasteiger partial charge in [0.15, 0.2) is 18.2 Å². The largest absolute Gasteiger partial charge is 0.458 e. The van der Waals surface area contributed by atoms with E-state index in [0.29, 0.717) is 0 Å². The van der Waals surface area contributed by atoms with Crippen molar-refractivity contribution < 1.29 is 18.3 Å². The molecule has 2 aromatic rings. The molecule has 0 saturated carbocycles. The van der Waals surface area contributed by atoms with Gasteiger partial charge in [0, 0.05) is 18.7 Å². The third-order valence-corrected chi connectivity index (χ3v) is 3.98. The lowest BCUT2D eigenvalue weighted by Gasteiger charge is -2.10. The summed E-state index contributed by atoms with van der Waals surface area (Å²) in [4.78, 5) is 14.7. The fourth-order valence-corrected chi connectivity index (χ4v) is 2.16. The number of aromatic nitrogens is 5. The van der Waals surface area contributed by atoms with Crippen LogP contribution in [0.1, 0.15) is 18.3 Å². The van der Waals surface area contributed by atoms with E-state index in [1.807, 2.05) is 0 Å². The van der Waals surface area contributed by atoms with Crippen molar-refractivity contribution in [1.82, 2.24) is 25.2 Å². The molecule has 0 aliphatic rings. The van der Waals surface area contributed by atoms with Crippen molar-refractivity contribution in [2.75, 3.05) is 0 Å². The van der Waals surface area contributed by atoms with Crippen LogP contribution in [-0.2, 0) is 20.1 Å². The predicted octanol–water partition coefficient (Wildman–Crippen LogP) is 1.57. The number of ether oxygens (including phenoxy) is 1. The van der Waals surface area contributed by atoms with Crippen molar-refractivity contribution >= 4 is 31.2 Å². The second-order valence-electron chi connectivity index (χ2n) is 3.82. The molecule has 0 unspecified atom stereocenters. The van der Waals surface area contributed by atoms with Crippen LogP contribution in [-0.4, -0.2) is 35.7 Å². The Morgan fingerprint density at radius 2 is 2.29 bits per heavy atom. The smallest absolute Gasteiger partial charge is 0.317 e. The molecule has 10 heteroatoms. The van der Waals surface area contributed by atoms with Crippen LogP contribution in [0.15, 0.2) is 18.3 Å². The van der Waals surface area contributed by atoms with Crippen LogP contribution in [0.4, 0.5) is 8.78 Å². The second-order valence-corrected chi connectivity index (χ2v) is 5.94. The number of tetrazole rings is 1. The molecule has 0 atom stereocenters. The van der Waals surface area contributed by atoms with E-state index in [2.05, 4.69) is 25.0 Å². The zero-order valence-electron chi connectivity index (χ0n) is 10.8. The Balaban J connectivity index is 2.25. The highest BCUT2D eigenvalue weighted by Gasteiger charge is 2.28. The van der Waals surface area contributed by atoms with Crippen LogP contribution in [0.25, 0.3) is 5.82 Å². The Hall–Kier alpha value is -1.85. The molecule has 0 fully saturated rings. The van der Waals surface area contributed by atoms with Crippen molar-refractivity contribution in [2.24, 2.45) is 0 Å². The van der Waals surface area contributed by atoms with Crippen LogP contribution >= 0.6 is 20.7 Å². The number of carbonyl (C=O) groups is 1. The number of carbonyl (C=O) groups excluding carboxylic acids is 1. The number of hydrogen-bond donors (Lipinski definition) is 0. The number of alkyl halides is 3. The molecule has 2 rings (SSSR count). The first kappa shape index (κ1) is 15.5. The maximum Gasteiger partial charge on any atom is 0.317 e. The van der Waals surface area contributed by atoms with Gasteiger partial charge in [-0.1, -0.05) is 4.51 Å². The third kappa shape index (κ3) is 3.62. The fraction of sp³-hybridized carbons (Fsp3) is 0.273. The van der Waals surface area contributed by atoms with Crippen molar-refractivity contribution in [3.63, 3.8) is 0 Å². The average Bonchev–Trinajstić information content (AvgIpc) is 2.93. The SMILES string of the molecule is C=IC(F)(F)c1ccc(-n2nnnc2COC(C)=O)nc1. The number of hydrogen-bond acceptors (Lipinski definition) is 6. The lowest BCUT2D eigenvalue weighted by atomic mass is 10.3. The van der Waals surface area contributed by atoms with Gasteiger partial charge in [0.2, 0.25) is 0 Å². The van der Waals surface area contributed by atoms with Gasteiger partial charge in [0.1, 0.15) is 0 Å². The molecular formula is C11H10F2IN5O2. The Morgan fingerprint density at radius 3 is 2.86 bits per heavy atom. The van der Waals surface area contributed by atoms with E-state index in [9.17, 15) is 13.6 Å². The summed E-state index contributed by atoms with van der Waals surface area (Å²) < 4.78 is 33.4. The molecule has 0 bridgehead atoms. The van der Waals surface area contributed by atoms with Gasteiger partial charge >= 0.3 is 9.90 Å². The molecule has 21 heavy (non-hydrogen) atoms. The number of nitrogens with zero attached hydrogens (tertiary/aromatic N) is 5. The molecular weight excluding hydrogens is 399 g/mol. The van der Waals surface area contributed by atoms with Crippen LogP contribution in [0.2, 0.25) is 0 Å². The summed E-state index contributed by atoms with van der Waals surface area (Å²) >= 11 is -1.52. The molecule has 0 saturated heterocycles. The fourth-order valence-electron chi connectivity index (χ4n) is 1.40. The lowest BCUT2D eigenvalue weighted by molar-refractivity contribution is -0.142. The van der Waals surface area contributed by atoms with Crippen molar-refractivity contribution in [3.8, 4) is 5.82 Å². The molecule has 112 valence electrons. The first-order valence-corrected chi connectivity index (χ1v) is 8.19. The summed E-state index contributed by atoms with van der Waals surface area (Å²) in [6, 6.07) is 2.63. The second kappa shape index (κ2) is 6.28. The van der Waals surface area contributed by atoms with E-state index in [1.165, 1.54) is 23.7 Å². The molecule has 0 aliphatic carbocycles. The number of pyridine rings is 1. The quantitative estimate of drug-likeness (QED) is 0.424. The highest BCUT2D eigenvalue weighted by molar-refractivity contribution is 14.2. The first-order valence-electron chi connectivity index (χ1n) is 5.59. The van der Waals surface area contributed by atoms with Gasteiger partial charge in [-0.05, 0) is 43.3 Å². The van der Waals surface area contributed by atoms with E-state index in [-0.39, 0.29) is 23.8 Å². The molecule has 0 aliphatic heterocycles. The Bertz CT molecular complexity index is 659. The molecule has 0 N–H and O–H groups in total. The monoisotopic (exact) mass is 409 g/mol. The summed E-state index contributed by atoms with van der Waals surface area (Å²) in [5, 5.41) is 10.8. The van der Waals surface area contributed by atoms with Crippen LogP contribution in [0.5, 0.6) is 0 Å². The molecule has 0 spiro atoms. The summed E-state index contributed by atoms with van der Waals surface area (Å²) in [5.74, 6) is 0.0117. The molecule has 0 amide bonds. The van der Waals surface area contributed by atoms with E-state index in [4.69, 9.17) is 4.74 Å². The zero-order valence-corrected chi connectivity index (χ0v) is 13.0. The van der Waals surface area contributed by atoms with E-state index >= 15 is 0 Å². The topological polar surface area (TPSA) is 82.8 Å². The minimum absolute atomic E-state index is 0.133. The minimum Gasteiger partial charge on any atom is -0.458 e. The lowest BCUT2D eigenvalue weighted by Crippen LogP contribution is -2.10. The summed E-state index contributed by atoms with van der Waals surface area (Å²) in [5.41, 5.74) is -0.191. The first-order chi connectivity index (χ1) is 9.94. The minimum atomic E-state index is -2.93. The summed E-state index contributed by atoms with van der Waals surface area (Å²) in [6.07, 6.45) is 1.07. The van der Waals surface area contributed by atoms with Crippen LogP contribution in [0.3, 0.4) is 0 Å². The van der Waals surface area contributed by atoms with Crippen molar-refractivity contribution in [1.29, 1.82) is 0 Å². The van der Waals surface area contributed by atoms with Crippen LogP contribution in [0, 0.1) is 0 Å². The summed E-state index contributed by atoms with van der Waals surface area (Å²) in [6.45, 7) is 1.12. The average molecular weight is 409 g/mol. The standard InChI is InChI=1S/C11H10F2IN5O2/c1-7(20)21-6-10-16-17-18-19(10)9-4-3-8(5-15-9)11(12,13)14-2/h3-5H,2,6H2,1H3. The van der Waals surface area contributed by atoms with Crippen molar-refractivity contribution in [2.45, 2.75) is 17.5 Å². The Morgan fingerprint density at radius 1 is 1.52 bits per heavy atom. The normalized spacial score (nSPS) is 11.4. The van der Waals surface area contributed by atoms with Gasteiger partial charge in [-0.2, -0.15) is 13.5 Å². The third-order valence-electron chi connectivity index (χ3n) is 2.40. The molecule has 2 aromatic heterocycles. The van der Waals surface area contributed by atoms with E-state index in [0.717, 1.165) is 6.20 Å². The van der Waals surface area contributed by atoms with Gasteiger partial charge in [0.05, 0.1) is 0 Å². The molecule has 0 aromatic carbocycles. The van der Waals surface area contributed by atoms with Gasteiger partial charge < -0.3 is 4.74 Å². The van der Waals surface area contributed by atoms with E-state index < -0.39 is 30.6 Å². The maximum absolute atomic E-state index is 13.5. The Labute approximate surface area is 128 Å². The maximum atomic E-state index is 13.5. The number of halogens is 3. The molecule has 2 heterocycles. The van der Waals surface area contributed by atoms with Gasteiger partial charge in [-0.25, -0.2) is 4.98 Å². The molecule has 7 nitrogen and oxygen atoms in total. The zero-order chi connectivity index (χ0) is 15.5. The number of esters is 1. The summed E-state index contributed by atoms with van der Waals surface area (Å²) in [7, 11) is 0. The van der Waals surface area contributed by atoms with Gasteiger partial charge in [-0.15, -0.1) is 5.10 Å². The number of rotatable bonds is 5. The predicted molar refractivity (Wildman–Crippen MR) is 77.5 cm³/mol. The van der Waals surface area contributed by atoms with Gasteiger partial charge in [-0.3, -0.25) is 4.79 Å². The van der Waals surface area contributed by atoms with E-state index in [1.54, 1.807) is 0 Å². The highest BCUT2D eigenvalue weighted by atomic mass is 127. The highest BCUT2D eigenvalue weighted by Crippen LogP contribution is 2.38. The molecule has 0 radical (unpaired) electrons. The van der Waals surface area contributed by atoms with Crippen LogP contribution < -0.4 is 0 Å².